The van der Waals surface area contributed by atoms with Gasteiger partial charge in [-0.3, -0.25) is 14.3 Å². The first-order chi connectivity index (χ1) is 9.43. The number of aromatic amines is 1. The predicted octanol–water partition coefficient (Wildman–Crippen LogP) is -1.50. The van der Waals surface area contributed by atoms with Crippen molar-refractivity contribution in [1.29, 1.82) is 0 Å². The van der Waals surface area contributed by atoms with Gasteiger partial charge in [-0.05, 0) is 6.92 Å². The zero-order valence-corrected chi connectivity index (χ0v) is 11.3. The third-order valence-electron chi connectivity index (χ3n) is 3.52. The summed E-state index contributed by atoms with van der Waals surface area (Å²) in [6.07, 6.45) is -0.249. The number of aryl methyl sites for hydroxylation is 1. The Morgan fingerprint density at radius 3 is 2.90 bits per heavy atom. The molecule has 8 nitrogen and oxygen atoms in total. The SMILES string of the molecule is COC[C@]1(CO)O[C@@H](n2cc(C)c(=O)[nH]c2=O)C[C@@H]1O. The molecule has 0 saturated carbocycles. The van der Waals surface area contributed by atoms with E-state index in [1.54, 1.807) is 6.92 Å². The second kappa shape index (κ2) is 5.49. The first-order valence-corrected chi connectivity index (χ1v) is 6.21. The first kappa shape index (κ1) is 14.9. The van der Waals surface area contributed by atoms with E-state index in [2.05, 4.69) is 4.98 Å². The van der Waals surface area contributed by atoms with Gasteiger partial charge in [0.2, 0.25) is 0 Å². The van der Waals surface area contributed by atoms with Crippen LogP contribution >= 0.6 is 0 Å². The highest BCUT2D eigenvalue weighted by Gasteiger charge is 2.48. The quantitative estimate of drug-likeness (QED) is 0.621. The number of ether oxygens (including phenoxy) is 2. The average Bonchev–Trinajstić information content (AvgIpc) is 2.72. The molecule has 0 aromatic carbocycles. The van der Waals surface area contributed by atoms with E-state index >= 15 is 0 Å². The molecule has 0 unspecified atom stereocenters. The molecule has 1 aliphatic rings. The van der Waals surface area contributed by atoms with Crippen LogP contribution in [0.4, 0.5) is 0 Å². The van der Waals surface area contributed by atoms with Crippen LogP contribution in [0.15, 0.2) is 15.8 Å². The largest absolute Gasteiger partial charge is 0.393 e. The Hall–Kier alpha value is -1.48. The van der Waals surface area contributed by atoms with E-state index in [9.17, 15) is 19.8 Å². The summed E-state index contributed by atoms with van der Waals surface area (Å²) >= 11 is 0. The minimum Gasteiger partial charge on any atom is -0.393 e. The number of methoxy groups -OCH3 is 1. The molecule has 1 aliphatic heterocycles. The molecule has 8 heteroatoms. The van der Waals surface area contributed by atoms with Gasteiger partial charge in [-0.2, -0.15) is 0 Å². The summed E-state index contributed by atoms with van der Waals surface area (Å²) in [6.45, 7) is 1.13. The van der Waals surface area contributed by atoms with Crippen molar-refractivity contribution in [1.82, 2.24) is 9.55 Å². The summed E-state index contributed by atoms with van der Waals surface area (Å²) in [5, 5.41) is 19.5. The Balaban J connectivity index is 2.35. The van der Waals surface area contributed by atoms with Gasteiger partial charge >= 0.3 is 5.69 Å². The zero-order chi connectivity index (χ0) is 14.9. The van der Waals surface area contributed by atoms with Gasteiger partial charge in [0.1, 0.15) is 11.8 Å². The Labute approximate surface area is 114 Å². The minimum atomic E-state index is -1.26. The Morgan fingerprint density at radius 1 is 1.60 bits per heavy atom. The summed E-state index contributed by atoms with van der Waals surface area (Å²) in [4.78, 5) is 25.3. The van der Waals surface area contributed by atoms with Crippen LogP contribution < -0.4 is 11.2 Å². The van der Waals surface area contributed by atoms with Gasteiger partial charge in [0.15, 0.2) is 0 Å². The number of hydrogen-bond acceptors (Lipinski definition) is 6. The highest BCUT2D eigenvalue weighted by molar-refractivity contribution is 5.03. The lowest BCUT2D eigenvalue weighted by Gasteiger charge is -2.29. The van der Waals surface area contributed by atoms with E-state index in [0.29, 0.717) is 5.56 Å². The highest BCUT2D eigenvalue weighted by atomic mass is 16.6. The first-order valence-electron chi connectivity index (χ1n) is 6.21. The Bertz CT molecular complexity index is 594. The molecule has 3 atom stereocenters. The van der Waals surface area contributed by atoms with Gasteiger partial charge in [0.25, 0.3) is 5.56 Å². The molecular weight excluding hydrogens is 268 g/mol. The zero-order valence-electron chi connectivity index (χ0n) is 11.3. The molecule has 1 aromatic rings. The molecule has 0 bridgehead atoms. The van der Waals surface area contributed by atoms with E-state index in [-0.39, 0.29) is 13.0 Å². The van der Waals surface area contributed by atoms with Gasteiger partial charge in [0, 0.05) is 25.3 Å². The van der Waals surface area contributed by atoms with Crippen molar-refractivity contribution < 1.29 is 19.7 Å². The van der Waals surface area contributed by atoms with Gasteiger partial charge in [0.05, 0.1) is 19.3 Å². The van der Waals surface area contributed by atoms with E-state index < -0.39 is 35.8 Å². The topological polar surface area (TPSA) is 114 Å². The average molecular weight is 286 g/mol. The van der Waals surface area contributed by atoms with Crippen LogP contribution in [0.3, 0.4) is 0 Å². The summed E-state index contributed by atoms with van der Waals surface area (Å²) in [5.74, 6) is 0. The van der Waals surface area contributed by atoms with E-state index in [1.807, 2.05) is 0 Å². The molecule has 0 spiro atoms. The lowest BCUT2D eigenvalue weighted by Crippen LogP contribution is -2.47. The molecule has 1 fully saturated rings. The van der Waals surface area contributed by atoms with E-state index in [1.165, 1.54) is 17.9 Å². The van der Waals surface area contributed by atoms with Crippen molar-refractivity contribution >= 4 is 0 Å². The third kappa shape index (κ3) is 2.42. The second-order valence-corrected chi connectivity index (χ2v) is 4.96. The van der Waals surface area contributed by atoms with E-state index in [4.69, 9.17) is 9.47 Å². The highest BCUT2D eigenvalue weighted by Crippen LogP contribution is 2.36. The number of H-pyrrole nitrogens is 1. The van der Waals surface area contributed by atoms with Gasteiger partial charge < -0.3 is 19.7 Å². The van der Waals surface area contributed by atoms with Crippen LogP contribution in [0.5, 0.6) is 0 Å². The number of rotatable bonds is 4. The molecule has 0 aliphatic carbocycles. The number of aromatic nitrogens is 2. The fourth-order valence-corrected chi connectivity index (χ4v) is 2.34. The lowest BCUT2D eigenvalue weighted by molar-refractivity contribution is -0.156. The molecular formula is C12H18N2O6. The van der Waals surface area contributed by atoms with Crippen molar-refractivity contribution in [2.45, 2.75) is 31.3 Å². The van der Waals surface area contributed by atoms with E-state index in [0.717, 1.165) is 0 Å². The second-order valence-electron chi connectivity index (χ2n) is 4.96. The van der Waals surface area contributed by atoms with Gasteiger partial charge in [-0.1, -0.05) is 0 Å². The molecule has 20 heavy (non-hydrogen) atoms. The monoisotopic (exact) mass is 286 g/mol. The van der Waals surface area contributed by atoms with Crippen molar-refractivity contribution in [3.8, 4) is 0 Å². The minimum absolute atomic E-state index is 0.00173. The maximum absolute atomic E-state index is 11.8. The molecule has 3 N–H and O–H groups in total. The maximum atomic E-state index is 11.8. The van der Waals surface area contributed by atoms with Gasteiger partial charge in [-0.15, -0.1) is 0 Å². The van der Waals surface area contributed by atoms with Crippen LogP contribution in [0.1, 0.15) is 18.2 Å². The van der Waals surface area contributed by atoms with Crippen molar-refractivity contribution in [2.24, 2.45) is 0 Å². The van der Waals surface area contributed by atoms with Crippen molar-refractivity contribution in [2.75, 3.05) is 20.3 Å². The normalized spacial score (nSPS) is 29.8. The molecule has 2 heterocycles. The number of hydrogen-bond donors (Lipinski definition) is 3. The molecule has 0 radical (unpaired) electrons. The lowest BCUT2D eigenvalue weighted by atomic mass is 9.99. The van der Waals surface area contributed by atoms with Crippen LogP contribution in [-0.2, 0) is 9.47 Å². The van der Waals surface area contributed by atoms with Crippen LogP contribution in [0.2, 0.25) is 0 Å². The van der Waals surface area contributed by atoms with Crippen LogP contribution in [0, 0.1) is 6.92 Å². The van der Waals surface area contributed by atoms with Crippen molar-refractivity contribution in [3.05, 3.63) is 32.6 Å². The molecule has 0 amide bonds. The smallest absolute Gasteiger partial charge is 0.330 e. The third-order valence-corrected chi connectivity index (χ3v) is 3.52. The summed E-state index contributed by atoms with van der Waals surface area (Å²) in [7, 11) is 1.43. The van der Waals surface area contributed by atoms with Crippen LogP contribution in [-0.4, -0.2) is 51.8 Å². The standard InChI is InChI=1S/C12H18N2O6/c1-7-4-14(11(18)13-10(7)17)9-3-8(16)12(5-15,20-9)6-19-2/h4,8-9,15-16H,3,5-6H2,1-2H3,(H,13,17,18)/t8-,9+,12-/m0/s1. The number of nitrogens with one attached hydrogen (secondary N) is 1. The number of aliphatic hydroxyl groups excluding tert-OH is 2. The molecule has 112 valence electrons. The predicted molar refractivity (Wildman–Crippen MR) is 68.5 cm³/mol. The molecule has 1 aromatic heterocycles. The van der Waals surface area contributed by atoms with Crippen LogP contribution in [0.25, 0.3) is 0 Å². The fraction of sp³-hybridized carbons (Fsp3) is 0.667. The van der Waals surface area contributed by atoms with Crippen molar-refractivity contribution in [3.63, 3.8) is 0 Å². The Morgan fingerprint density at radius 2 is 2.30 bits per heavy atom. The summed E-state index contributed by atoms with van der Waals surface area (Å²) < 4.78 is 11.8. The summed E-state index contributed by atoms with van der Waals surface area (Å²) in [5.41, 5.74) is -1.99. The molecule has 1 saturated heterocycles. The summed E-state index contributed by atoms with van der Waals surface area (Å²) in [6, 6.07) is 0. The number of aliphatic hydroxyl groups is 2. The Kier molecular flexibility index (Phi) is 4.09. The molecule has 2 rings (SSSR count). The van der Waals surface area contributed by atoms with Gasteiger partial charge in [-0.25, -0.2) is 4.79 Å². The number of nitrogens with zero attached hydrogens (tertiary/aromatic N) is 1. The fourth-order valence-electron chi connectivity index (χ4n) is 2.34. The maximum Gasteiger partial charge on any atom is 0.330 e.